The lowest BCUT2D eigenvalue weighted by atomic mass is 9.92. The van der Waals surface area contributed by atoms with Crippen molar-refractivity contribution in [2.75, 3.05) is 75.6 Å². The molecule has 0 spiro atoms. The van der Waals surface area contributed by atoms with E-state index in [4.69, 9.17) is 15.9 Å². The molecule has 0 aliphatic carbocycles. The van der Waals surface area contributed by atoms with Crippen molar-refractivity contribution in [3.63, 3.8) is 0 Å². The zero-order valence-electron chi connectivity index (χ0n) is 67.9. The zero-order chi connectivity index (χ0) is 81.2. The van der Waals surface area contributed by atoms with Crippen LogP contribution >= 0.6 is 0 Å². The summed E-state index contributed by atoms with van der Waals surface area (Å²) in [5.74, 6) is -10.0. The Hall–Kier alpha value is -8.68. The molecule has 602 valence electrons. The molecule has 0 radical (unpaired) electrons. The molecule has 2 unspecified atom stereocenters. The first-order chi connectivity index (χ1) is 50.7. The number of ether oxygens (including phenoxy) is 2. The first-order valence-electron chi connectivity index (χ1n) is 38.6. The lowest BCUT2D eigenvalue weighted by Gasteiger charge is -2.40. The summed E-state index contributed by atoms with van der Waals surface area (Å²) in [5, 5.41) is 11.4. The zero-order valence-corrected chi connectivity index (χ0v) is 67.9. The molecule has 108 heavy (non-hydrogen) atoms. The number of nitrogens with one attached hydrogen (secondary N) is 4. The molecule has 4 saturated heterocycles. The summed E-state index contributed by atoms with van der Waals surface area (Å²) in [6, 6.07) is -6.41. The van der Waals surface area contributed by atoms with Crippen molar-refractivity contribution in [3.05, 3.63) is 35.9 Å². The van der Waals surface area contributed by atoms with Gasteiger partial charge in [0.25, 0.3) is 5.91 Å². The van der Waals surface area contributed by atoms with Crippen LogP contribution in [0.4, 0.5) is 0 Å². The summed E-state index contributed by atoms with van der Waals surface area (Å²) >= 11 is 0. The number of nitrogens with zero attached hydrogens (tertiary/aromatic N) is 9. The van der Waals surface area contributed by atoms with Crippen LogP contribution in [0.25, 0.3) is 0 Å². The molecule has 4 fully saturated rings. The summed E-state index contributed by atoms with van der Waals surface area (Å²) in [4.78, 5) is 219. The van der Waals surface area contributed by atoms with Crippen LogP contribution in [-0.2, 0) is 83.0 Å². The van der Waals surface area contributed by atoms with E-state index in [0.717, 1.165) is 4.90 Å². The number of carbonyl (C=O) groups is 14. The van der Waals surface area contributed by atoms with Crippen LogP contribution in [0.15, 0.2) is 30.3 Å². The number of cyclic esters (lactones) is 1. The fraction of sp³-hybridized carbons (Fsp3) is 0.722. The number of carbonyl (C=O) groups excluding carboxylic acids is 14. The molecule has 4 N–H and O–H groups in total. The highest BCUT2D eigenvalue weighted by molar-refractivity contribution is 6.00. The number of methoxy groups -OCH3 is 1. The predicted molar refractivity (Wildman–Crippen MR) is 405 cm³/mol. The van der Waals surface area contributed by atoms with E-state index in [9.17, 15) is 38.4 Å². The minimum atomic E-state index is -1.45. The number of terminal acetylenes is 1. The number of hydrogen-bond acceptors (Lipinski definition) is 16. The highest BCUT2D eigenvalue weighted by atomic mass is 16.5. The van der Waals surface area contributed by atoms with Gasteiger partial charge in [-0.2, -0.15) is 0 Å². The third kappa shape index (κ3) is 21.8. The van der Waals surface area contributed by atoms with Gasteiger partial charge < -0.3 is 74.8 Å². The Balaban J connectivity index is 1.58. The van der Waals surface area contributed by atoms with Gasteiger partial charge in [-0.1, -0.05) is 106 Å². The SMILES string of the molecule is C#CCCCC1NC(=O)[C@H]([C@@H](C)CC)N(C)C(=O)[C@@H]2CCCN2C(=O)[C@@H]2CCCN2C(=O)[C@H](CC(C)C)NC(=O)[C@H](C(C)C)N(C)C(=O)[C@H](C)NC(=O)[C@@H](C)N(C)C(=O)[C@H](Cc2ccccc2)N(C)C(=O)[C@H](COC)N(C)C(=O)[C@H](C(C)C)N(C)C(=O)[C@@H]2CCCN2C(=O)[C@H](C)NC(=O)[C@H](C(C)C)OC(=O)C1C. The molecule has 5 rings (SSSR count). The summed E-state index contributed by atoms with van der Waals surface area (Å²) in [5.41, 5.74) is 0.644. The van der Waals surface area contributed by atoms with Crippen LogP contribution in [0.3, 0.4) is 0 Å². The van der Waals surface area contributed by atoms with E-state index in [1.807, 2.05) is 27.7 Å². The second kappa shape index (κ2) is 40.7. The van der Waals surface area contributed by atoms with Gasteiger partial charge in [0.1, 0.15) is 72.5 Å². The molecule has 29 nitrogen and oxygen atoms in total. The quantitative estimate of drug-likeness (QED) is 0.118. The van der Waals surface area contributed by atoms with Gasteiger partial charge in [-0.05, 0) is 121 Å². The fourth-order valence-electron chi connectivity index (χ4n) is 15.4. The first kappa shape index (κ1) is 89.9. The number of amides is 13. The molecule has 0 aromatic heterocycles. The largest absolute Gasteiger partial charge is 0.452 e. The van der Waals surface area contributed by atoms with Crippen molar-refractivity contribution < 1.29 is 76.6 Å². The number of benzene rings is 1. The van der Waals surface area contributed by atoms with E-state index in [1.165, 1.54) is 109 Å². The first-order valence-corrected chi connectivity index (χ1v) is 38.6. The van der Waals surface area contributed by atoms with Crippen LogP contribution in [-0.4, -0.2) is 287 Å². The molecule has 13 amide bonds. The van der Waals surface area contributed by atoms with Crippen LogP contribution in [0.1, 0.15) is 173 Å². The molecule has 1 aromatic rings. The summed E-state index contributed by atoms with van der Waals surface area (Å²) in [6.07, 6.45) is 7.61. The Morgan fingerprint density at radius 1 is 0.509 bits per heavy atom. The second-order valence-electron chi connectivity index (χ2n) is 31.6. The van der Waals surface area contributed by atoms with Crippen molar-refractivity contribution >= 4 is 82.8 Å². The van der Waals surface area contributed by atoms with E-state index < -0.39 is 197 Å². The molecule has 4 aliphatic rings. The molecule has 0 bridgehead atoms. The molecular formula is C79H125N13O16. The van der Waals surface area contributed by atoms with Gasteiger partial charge in [-0.3, -0.25) is 67.1 Å². The minimum absolute atomic E-state index is 0.0538. The van der Waals surface area contributed by atoms with Crippen LogP contribution in [0.5, 0.6) is 0 Å². The highest BCUT2D eigenvalue weighted by Gasteiger charge is 2.49. The van der Waals surface area contributed by atoms with Crippen molar-refractivity contribution in [1.29, 1.82) is 0 Å². The topological polar surface area (TPSA) is 335 Å². The number of rotatable bonds is 14. The van der Waals surface area contributed by atoms with Crippen LogP contribution in [0.2, 0.25) is 0 Å². The average molecular weight is 1510 g/mol. The lowest BCUT2D eigenvalue weighted by Crippen LogP contribution is -2.62. The molecule has 0 saturated carbocycles. The van der Waals surface area contributed by atoms with Gasteiger partial charge >= 0.3 is 5.97 Å². The Bertz CT molecular complexity index is 3400. The van der Waals surface area contributed by atoms with Gasteiger partial charge in [-0.15, -0.1) is 12.3 Å². The summed E-state index contributed by atoms with van der Waals surface area (Å²) < 4.78 is 11.6. The van der Waals surface area contributed by atoms with Gasteiger partial charge in [0, 0.05) is 87.9 Å². The Labute approximate surface area is 640 Å². The standard InChI is InChI=1S/C79H125N13O16/c1-23-25-27-35-55-50(12)79(106)108-65(48(9)10)69(96)81-52(14)71(98)90-39-30-36-57(90)73(100)88(20)63(47(7)8)78(105)86(18)61(44-107-22)76(103)85(17)60(43-54-33-28-26-29-34-54)75(102)84(16)53(15)66(93)80-51(13)70(97)87(19)62(46(5)6)67(94)83-56(42-45(3)4)72(99)91-40-32-38-59(91)77(104)92-41-31-37-58(92)74(101)89(21)64(49(11)24-2)68(95)82-55/h1,26,28-29,33-34,45-53,55-65H,24-25,27,30-32,35-44H2,2-22H3,(H,80,93)(H,81,96)(H,82,95)(H,83,94)/t49-,50?,51-,52-,53+,55?,56-,57-,58-,59-,60-,61-,62-,63-,64-,65-/m0/s1. The minimum Gasteiger partial charge on any atom is -0.452 e. The van der Waals surface area contributed by atoms with E-state index in [-0.39, 0.29) is 77.1 Å². The molecule has 4 heterocycles. The maximum Gasteiger partial charge on any atom is 0.311 e. The van der Waals surface area contributed by atoms with E-state index >= 15 is 28.8 Å². The number of hydrogen-bond donors (Lipinski definition) is 4. The van der Waals surface area contributed by atoms with Crippen LogP contribution in [0, 0.1) is 47.9 Å². The number of esters is 1. The molecule has 29 heteroatoms. The van der Waals surface area contributed by atoms with Crippen LogP contribution < -0.4 is 21.3 Å². The highest BCUT2D eigenvalue weighted by Crippen LogP contribution is 2.31. The molecule has 4 aliphatic heterocycles. The number of fused-ring (bicyclic) bond motifs is 3. The Kier molecular flexibility index (Phi) is 33.9. The maximum absolute atomic E-state index is 15.2. The van der Waals surface area contributed by atoms with E-state index in [2.05, 4.69) is 27.2 Å². The number of unbranched alkanes of at least 4 members (excludes halogenated alkanes) is 1. The molecule has 1 aromatic carbocycles. The lowest BCUT2D eigenvalue weighted by molar-refractivity contribution is -0.164. The Morgan fingerprint density at radius 3 is 1.49 bits per heavy atom. The smallest absolute Gasteiger partial charge is 0.311 e. The van der Waals surface area contributed by atoms with Gasteiger partial charge in [-0.25, -0.2) is 0 Å². The van der Waals surface area contributed by atoms with Crippen molar-refractivity contribution in [2.45, 2.75) is 259 Å². The van der Waals surface area contributed by atoms with Gasteiger partial charge in [0.2, 0.25) is 70.9 Å². The fourth-order valence-corrected chi connectivity index (χ4v) is 15.4. The third-order valence-corrected chi connectivity index (χ3v) is 22.1. The molecular weight excluding hydrogens is 1390 g/mol. The monoisotopic (exact) mass is 1510 g/mol. The van der Waals surface area contributed by atoms with E-state index in [0.29, 0.717) is 37.7 Å². The summed E-state index contributed by atoms with van der Waals surface area (Å²) in [6.45, 7) is 23.6. The van der Waals surface area contributed by atoms with Crippen molar-refractivity contribution in [1.82, 2.24) is 65.4 Å². The van der Waals surface area contributed by atoms with Gasteiger partial charge in [0.05, 0.1) is 12.5 Å². The maximum atomic E-state index is 15.2. The molecule has 16 atom stereocenters. The van der Waals surface area contributed by atoms with Crippen molar-refractivity contribution in [3.8, 4) is 12.3 Å². The summed E-state index contributed by atoms with van der Waals surface area (Å²) in [7, 11) is 9.86. The van der Waals surface area contributed by atoms with Crippen molar-refractivity contribution in [2.24, 2.45) is 35.5 Å². The predicted octanol–water partition coefficient (Wildman–Crippen LogP) is 3.23. The van der Waals surface area contributed by atoms with E-state index in [1.54, 1.807) is 78.8 Å². The Morgan fingerprint density at radius 2 is 0.981 bits per heavy atom. The third-order valence-electron chi connectivity index (χ3n) is 22.1. The average Bonchev–Trinajstić information content (AvgIpc) is 1.66. The number of likely N-dealkylation sites (N-methyl/N-ethyl adjacent to an activating group) is 6. The normalized spacial score (nSPS) is 29.2. The second-order valence-corrected chi connectivity index (χ2v) is 31.6. The van der Waals surface area contributed by atoms with Gasteiger partial charge in [0.15, 0.2) is 6.10 Å².